The van der Waals surface area contributed by atoms with E-state index in [1.54, 1.807) is 0 Å². The van der Waals surface area contributed by atoms with E-state index in [0.717, 1.165) is 13.2 Å². The number of hydrogen-bond donors (Lipinski definition) is 2. The van der Waals surface area contributed by atoms with Crippen LogP contribution in [0.25, 0.3) is 0 Å². The number of hydrogen-bond acceptors (Lipinski definition) is 3. The molecule has 0 atom stereocenters. The summed E-state index contributed by atoms with van der Waals surface area (Å²) in [6.07, 6.45) is 35.1. The Bertz CT molecular complexity index is 438. The van der Waals surface area contributed by atoms with E-state index in [2.05, 4.69) is 13.8 Å². The molecule has 0 spiro atoms. The van der Waals surface area contributed by atoms with Gasteiger partial charge in [0.15, 0.2) is 0 Å². The van der Waals surface area contributed by atoms with Crippen LogP contribution in [-0.2, 0) is 14.3 Å². The molecule has 0 saturated heterocycles. The van der Waals surface area contributed by atoms with Gasteiger partial charge < -0.3 is 14.9 Å². The van der Waals surface area contributed by atoms with Gasteiger partial charge in [-0.3, -0.25) is 9.59 Å². The number of ether oxygens (including phenoxy) is 1. The van der Waals surface area contributed by atoms with Crippen LogP contribution in [0.1, 0.15) is 194 Å². The Labute approximate surface area is 243 Å². The Morgan fingerprint density at radius 3 is 0.846 bits per heavy atom. The molecule has 0 saturated carbocycles. The third-order valence-corrected chi connectivity index (χ3v) is 7.32. The second-order valence-corrected chi connectivity index (χ2v) is 11.4. The van der Waals surface area contributed by atoms with Crippen molar-refractivity contribution >= 4 is 11.9 Å². The highest BCUT2D eigenvalue weighted by molar-refractivity contribution is 5.67. The first-order valence-electron chi connectivity index (χ1n) is 17.1. The SMILES string of the molecule is CCCCCCCCCCCCCCOCCCCCCCCCCCCCC.O=C(O)CCCCC(=O)O. The van der Waals surface area contributed by atoms with Crippen LogP contribution < -0.4 is 0 Å². The van der Waals surface area contributed by atoms with Gasteiger partial charge in [0.05, 0.1) is 0 Å². The molecule has 0 unspecified atom stereocenters. The maximum atomic E-state index is 9.90. The van der Waals surface area contributed by atoms with E-state index in [9.17, 15) is 9.59 Å². The Hall–Kier alpha value is -1.10. The van der Waals surface area contributed by atoms with Crippen LogP contribution in [0.3, 0.4) is 0 Å². The second-order valence-electron chi connectivity index (χ2n) is 11.4. The maximum Gasteiger partial charge on any atom is 0.303 e. The second kappa shape index (κ2) is 36.9. The predicted octanol–water partition coefficient (Wildman–Crippen LogP) is 11.1. The van der Waals surface area contributed by atoms with Crippen molar-refractivity contribution in [2.45, 2.75) is 194 Å². The quantitative estimate of drug-likeness (QED) is 0.0829. The molecule has 0 aromatic carbocycles. The minimum Gasteiger partial charge on any atom is -0.481 e. The van der Waals surface area contributed by atoms with Crippen molar-refractivity contribution in [3.05, 3.63) is 0 Å². The lowest BCUT2D eigenvalue weighted by atomic mass is 10.1. The summed E-state index contributed by atoms with van der Waals surface area (Å²) in [5.41, 5.74) is 0. The molecule has 0 fully saturated rings. The van der Waals surface area contributed by atoms with Gasteiger partial charge in [-0.15, -0.1) is 0 Å². The zero-order chi connectivity index (χ0) is 29.1. The maximum absolute atomic E-state index is 9.90. The van der Waals surface area contributed by atoms with Gasteiger partial charge in [0, 0.05) is 26.1 Å². The number of unbranched alkanes of at least 4 members (excludes halogenated alkanes) is 23. The molecular weight excluding hydrogens is 488 g/mol. The monoisotopic (exact) mass is 557 g/mol. The minimum atomic E-state index is -0.870. The van der Waals surface area contributed by atoms with Gasteiger partial charge in [0.1, 0.15) is 0 Å². The molecule has 0 amide bonds. The standard InChI is InChI=1S/C28H58O.C6H10O4/c1-3-5-7-9-11-13-15-17-19-21-23-25-27-29-28-26-24-22-20-18-16-14-12-10-8-6-4-2;7-5(8)3-1-2-4-6(9)10/h3-28H2,1-2H3;1-4H2,(H,7,8)(H,9,10). The topological polar surface area (TPSA) is 83.8 Å². The molecule has 0 aliphatic rings. The first-order valence-corrected chi connectivity index (χ1v) is 17.1. The summed E-state index contributed by atoms with van der Waals surface area (Å²) in [4.78, 5) is 19.8. The number of rotatable bonds is 31. The molecule has 0 aliphatic carbocycles. The highest BCUT2D eigenvalue weighted by Crippen LogP contribution is 2.13. The predicted molar refractivity (Wildman–Crippen MR) is 167 cm³/mol. The minimum absolute atomic E-state index is 0.0628. The van der Waals surface area contributed by atoms with Gasteiger partial charge in [-0.2, -0.15) is 0 Å². The highest BCUT2D eigenvalue weighted by atomic mass is 16.5. The van der Waals surface area contributed by atoms with E-state index in [-0.39, 0.29) is 12.8 Å². The van der Waals surface area contributed by atoms with Crippen molar-refractivity contribution in [3.8, 4) is 0 Å². The lowest BCUT2D eigenvalue weighted by molar-refractivity contribution is -0.139. The average Bonchev–Trinajstić information content (AvgIpc) is 2.91. The number of carbonyl (C=O) groups is 2. The van der Waals surface area contributed by atoms with E-state index in [1.165, 1.54) is 154 Å². The van der Waals surface area contributed by atoms with Crippen molar-refractivity contribution < 1.29 is 24.5 Å². The third kappa shape index (κ3) is 44.2. The Balaban J connectivity index is 0. The van der Waals surface area contributed by atoms with Crippen molar-refractivity contribution in [2.24, 2.45) is 0 Å². The fourth-order valence-corrected chi connectivity index (χ4v) is 4.74. The lowest BCUT2D eigenvalue weighted by Crippen LogP contribution is -1.97. The first-order chi connectivity index (χ1) is 19.0. The van der Waals surface area contributed by atoms with Gasteiger partial charge in [-0.1, -0.05) is 155 Å². The Kier molecular flexibility index (Phi) is 37.9. The van der Waals surface area contributed by atoms with Crippen molar-refractivity contribution in [3.63, 3.8) is 0 Å². The van der Waals surface area contributed by atoms with Crippen LogP contribution >= 0.6 is 0 Å². The molecule has 0 heterocycles. The molecule has 5 heteroatoms. The van der Waals surface area contributed by atoms with Gasteiger partial charge in [-0.05, 0) is 25.7 Å². The van der Waals surface area contributed by atoms with Crippen molar-refractivity contribution in [1.82, 2.24) is 0 Å². The molecule has 2 N–H and O–H groups in total. The summed E-state index contributed by atoms with van der Waals surface area (Å²) in [5.74, 6) is -1.74. The largest absolute Gasteiger partial charge is 0.481 e. The number of carboxylic acid groups (broad SMARTS) is 2. The van der Waals surface area contributed by atoms with E-state index in [1.807, 2.05) is 0 Å². The highest BCUT2D eigenvalue weighted by Gasteiger charge is 1.99. The summed E-state index contributed by atoms with van der Waals surface area (Å²) in [5, 5.41) is 16.3. The molecule has 0 rings (SSSR count). The van der Waals surface area contributed by atoms with Gasteiger partial charge >= 0.3 is 11.9 Å². The first kappa shape index (κ1) is 40.0. The third-order valence-electron chi connectivity index (χ3n) is 7.32. The molecular formula is C34H68O5. The number of aliphatic carboxylic acids is 2. The molecule has 39 heavy (non-hydrogen) atoms. The van der Waals surface area contributed by atoms with Crippen molar-refractivity contribution in [2.75, 3.05) is 13.2 Å². The van der Waals surface area contributed by atoms with Crippen LogP contribution in [-0.4, -0.2) is 35.4 Å². The van der Waals surface area contributed by atoms with Gasteiger partial charge in [0.2, 0.25) is 0 Å². The van der Waals surface area contributed by atoms with E-state index in [0.29, 0.717) is 12.8 Å². The van der Waals surface area contributed by atoms with Crippen LogP contribution in [0, 0.1) is 0 Å². The summed E-state index contributed by atoms with van der Waals surface area (Å²) >= 11 is 0. The molecule has 0 bridgehead atoms. The zero-order valence-corrected chi connectivity index (χ0v) is 26.3. The Morgan fingerprint density at radius 1 is 0.385 bits per heavy atom. The van der Waals surface area contributed by atoms with E-state index in [4.69, 9.17) is 14.9 Å². The Morgan fingerprint density at radius 2 is 0.615 bits per heavy atom. The smallest absolute Gasteiger partial charge is 0.303 e. The van der Waals surface area contributed by atoms with Gasteiger partial charge in [-0.25, -0.2) is 0 Å². The molecule has 0 aromatic rings. The molecule has 0 radical (unpaired) electrons. The molecule has 0 aromatic heterocycles. The number of carboxylic acids is 2. The summed E-state index contributed by atoms with van der Waals surface area (Å²) in [6.45, 7) is 6.58. The molecule has 0 aliphatic heterocycles. The molecule has 234 valence electrons. The van der Waals surface area contributed by atoms with E-state index < -0.39 is 11.9 Å². The summed E-state index contributed by atoms with van der Waals surface area (Å²) in [7, 11) is 0. The van der Waals surface area contributed by atoms with Gasteiger partial charge in [0.25, 0.3) is 0 Å². The summed E-state index contributed by atoms with van der Waals surface area (Å²) in [6, 6.07) is 0. The summed E-state index contributed by atoms with van der Waals surface area (Å²) < 4.78 is 5.82. The van der Waals surface area contributed by atoms with Crippen LogP contribution in [0.4, 0.5) is 0 Å². The van der Waals surface area contributed by atoms with Crippen LogP contribution in [0.15, 0.2) is 0 Å². The fourth-order valence-electron chi connectivity index (χ4n) is 4.74. The van der Waals surface area contributed by atoms with Crippen molar-refractivity contribution in [1.29, 1.82) is 0 Å². The molecule has 5 nitrogen and oxygen atoms in total. The van der Waals surface area contributed by atoms with Crippen LogP contribution in [0.2, 0.25) is 0 Å². The van der Waals surface area contributed by atoms with Crippen LogP contribution in [0.5, 0.6) is 0 Å². The van der Waals surface area contributed by atoms with E-state index >= 15 is 0 Å². The fraction of sp³-hybridized carbons (Fsp3) is 0.941. The normalized spacial score (nSPS) is 10.8. The average molecular weight is 557 g/mol. The zero-order valence-electron chi connectivity index (χ0n) is 26.3. The lowest BCUT2D eigenvalue weighted by Gasteiger charge is -2.05.